The van der Waals surface area contributed by atoms with E-state index in [0.717, 1.165) is 48.8 Å². The first kappa shape index (κ1) is 21.7. The van der Waals surface area contributed by atoms with Gasteiger partial charge in [0.1, 0.15) is 17.0 Å². The maximum absolute atomic E-state index is 13.7. The van der Waals surface area contributed by atoms with Crippen LogP contribution in [-0.2, 0) is 11.3 Å². The first-order valence-electron chi connectivity index (χ1n) is 11.6. The number of hydrogen-bond donors (Lipinski definition) is 1. The molecule has 1 fully saturated rings. The summed E-state index contributed by atoms with van der Waals surface area (Å²) in [6, 6.07) is 7.99. The zero-order chi connectivity index (χ0) is 22.2. The van der Waals surface area contributed by atoms with E-state index in [0.29, 0.717) is 24.7 Å². The SMILES string of the molecule is COc1ccc2cc3n(c2c1)C[C@](C)(C(=O)NC1CCCCC1)N(CCC(C)C)C3=O. The average Bonchev–Trinajstić information content (AvgIpc) is 3.11. The van der Waals surface area contributed by atoms with Gasteiger partial charge in [-0.15, -0.1) is 0 Å². The minimum absolute atomic E-state index is 0.0353. The lowest BCUT2D eigenvalue weighted by Gasteiger charge is -2.45. The van der Waals surface area contributed by atoms with Crippen LogP contribution in [0.5, 0.6) is 5.75 Å². The summed E-state index contributed by atoms with van der Waals surface area (Å²) in [6.45, 7) is 7.25. The predicted molar refractivity (Wildman–Crippen MR) is 122 cm³/mol. The molecule has 1 aliphatic carbocycles. The Hall–Kier alpha value is -2.50. The van der Waals surface area contributed by atoms with Gasteiger partial charge in [0.05, 0.1) is 19.2 Å². The first-order chi connectivity index (χ1) is 14.8. The number of nitrogens with zero attached hydrogens (tertiary/aromatic N) is 2. The van der Waals surface area contributed by atoms with E-state index in [9.17, 15) is 9.59 Å². The smallest absolute Gasteiger partial charge is 0.271 e. The molecule has 4 rings (SSSR count). The summed E-state index contributed by atoms with van der Waals surface area (Å²) >= 11 is 0. The molecule has 1 aromatic carbocycles. The van der Waals surface area contributed by atoms with Crippen molar-refractivity contribution in [1.29, 1.82) is 0 Å². The van der Waals surface area contributed by atoms with Crippen LogP contribution in [-0.4, -0.2) is 46.5 Å². The number of amides is 2. The molecule has 0 bridgehead atoms. The molecule has 1 aromatic heterocycles. The highest BCUT2D eigenvalue weighted by Gasteiger charge is 2.48. The number of ether oxygens (including phenoxy) is 1. The molecule has 31 heavy (non-hydrogen) atoms. The third-order valence-electron chi connectivity index (χ3n) is 7.00. The molecule has 2 aromatic rings. The Morgan fingerprint density at radius 2 is 1.97 bits per heavy atom. The van der Waals surface area contributed by atoms with E-state index >= 15 is 0 Å². The highest BCUT2D eigenvalue weighted by molar-refractivity contribution is 6.03. The second-order valence-corrected chi connectivity index (χ2v) is 9.76. The molecular weight excluding hydrogens is 390 g/mol. The zero-order valence-electron chi connectivity index (χ0n) is 19.2. The molecule has 0 spiro atoms. The van der Waals surface area contributed by atoms with Crippen molar-refractivity contribution in [3.05, 3.63) is 30.0 Å². The summed E-state index contributed by atoms with van der Waals surface area (Å²) in [5.74, 6) is 1.10. The minimum Gasteiger partial charge on any atom is -0.497 e. The number of methoxy groups -OCH3 is 1. The highest BCUT2D eigenvalue weighted by atomic mass is 16.5. The Labute approximate surface area is 184 Å². The molecular formula is C25H35N3O3. The van der Waals surface area contributed by atoms with Gasteiger partial charge in [-0.05, 0) is 50.3 Å². The molecule has 2 amide bonds. The van der Waals surface area contributed by atoms with Crippen LogP contribution in [0.3, 0.4) is 0 Å². The number of benzene rings is 1. The molecule has 1 N–H and O–H groups in total. The Balaban J connectivity index is 1.72. The number of carbonyl (C=O) groups excluding carboxylic acids is 2. The normalized spacial score (nSPS) is 22.1. The molecule has 6 heteroatoms. The van der Waals surface area contributed by atoms with Gasteiger partial charge in [-0.25, -0.2) is 0 Å². The van der Waals surface area contributed by atoms with Crippen molar-refractivity contribution in [2.24, 2.45) is 5.92 Å². The van der Waals surface area contributed by atoms with Gasteiger partial charge in [-0.1, -0.05) is 33.1 Å². The fourth-order valence-electron chi connectivity index (χ4n) is 4.98. The van der Waals surface area contributed by atoms with E-state index in [1.807, 2.05) is 40.7 Å². The second-order valence-electron chi connectivity index (χ2n) is 9.76. The van der Waals surface area contributed by atoms with Crippen molar-refractivity contribution in [2.45, 2.75) is 77.4 Å². The van der Waals surface area contributed by atoms with Crippen LogP contribution in [0.1, 0.15) is 69.8 Å². The van der Waals surface area contributed by atoms with Crippen molar-refractivity contribution in [1.82, 2.24) is 14.8 Å². The van der Waals surface area contributed by atoms with Crippen LogP contribution in [0.25, 0.3) is 10.9 Å². The van der Waals surface area contributed by atoms with Crippen LogP contribution < -0.4 is 10.1 Å². The highest BCUT2D eigenvalue weighted by Crippen LogP contribution is 2.34. The second kappa shape index (κ2) is 8.56. The van der Waals surface area contributed by atoms with Gasteiger partial charge in [-0.2, -0.15) is 0 Å². The van der Waals surface area contributed by atoms with Crippen LogP contribution in [0, 0.1) is 5.92 Å². The fourth-order valence-corrected chi connectivity index (χ4v) is 4.98. The summed E-state index contributed by atoms with van der Waals surface area (Å²) in [5.41, 5.74) is 0.656. The molecule has 168 valence electrons. The van der Waals surface area contributed by atoms with E-state index in [-0.39, 0.29) is 17.9 Å². The third kappa shape index (κ3) is 4.04. The largest absolute Gasteiger partial charge is 0.497 e. The lowest BCUT2D eigenvalue weighted by molar-refractivity contribution is -0.133. The third-order valence-corrected chi connectivity index (χ3v) is 7.00. The van der Waals surface area contributed by atoms with E-state index in [4.69, 9.17) is 4.74 Å². The predicted octanol–water partition coefficient (Wildman–Crippen LogP) is 4.36. The molecule has 2 heterocycles. The molecule has 0 saturated heterocycles. The number of nitrogens with one attached hydrogen (secondary N) is 1. The lowest BCUT2D eigenvalue weighted by Crippen LogP contribution is -2.65. The standard InChI is InChI=1S/C25H35N3O3/c1-17(2)12-13-28-23(29)22-14-18-10-11-20(31-4)15-21(18)27(22)16-25(28,3)24(30)26-19-8-6-5-7-9-19/h10-11,14-15,17,19H,5-9,12-13,16H2,1-4H3,(H,26,30)/t25-/m1/s1. The fraction of sp³-hybridized carbons (Fsp3) is 0.600. The number of aromatic nitrogens is 1. The van der Waals surface area contributed by atoms with Crippen molar-refractivity contribution in [3.63, 3.8) is 0 Å². The summed E-state index contributed by atoms with van der Waals surface area (Å²) in [4.78, 5) is 29.1. The van der Waals surface area contributed by atoms with Crippen LogP contribution >= 0.6 is 0 Å². The van der Waals surface area contributed by atoms with Crippen molar-refractivity contribution in [3.8, 4) is 5.75 Å². The van der Waals surface area contributed by atoms with E-state index in [1.54, 1.807) is 7.11 Å². The van der Waals surface area contributed by atoms with Crippen LogP contribution in [0.2, 0.25) is 0 Å². The van der Waals surface area contributed by atoms with Gasteiger partial charge < -0.3 is 19.5 Å². The number of rotatable bonds is 6. The zero-order valence-corrected chi connectivity index (χ0v) is 19.2. The number of hydrogen-bond acceptors (Lipinski definition) is 3. The van der Waals surface area contributed by atoms with Gasteiger partial charge in [0.15, 0.2) is 0 Å². The quantitative estimate of drug-likeness (QED) is 0.748. The number of carbonyl (C=O) groups is 2. The summed E-state index contributed by atoms with van der Waals surface area (Å²) < 4.78 is 7.41. The maximum Gasteiger partial charge on any atom is 0.271 e. The van der Waals surface area contributed by atoms with Crippen LogP contribution in [0.4, 0.5) is 0 Å². The summed E-state index contributed by atoms with van der Waals surface area (Å²) in [5, 5.41) is 4.28. The van der Waals surface area contributed by atoms with Gasteiger partial charge in [0.25, 0.3) is 5.91 Å². The summed E-state index contributed by atoms with van der Waals surface area (Å²) in [6.07, 6.45) is 6.47. The van der Waals surface area contributed by atoms with Crippen molar-refractivity contribution >= 4 is 22.7 Å². The topological polar surface area (TPSA) is 63.6 Å². The number of fused-ring (bicyclic) bond motifs is 3. The van der Waals surface area contributed by atoms with Gasteiger partial charge in [-0.3, -0.25) is 9.59 Å². The van der Waals surface area contributed by atoms with E-state index in [2.05, 4.69) is 19.2 Å². The van der Waals surface area contributed by atoms with Gasteiger partial charge in [0, 0.05) is 24.0 Å². The average molecular weight is 426 g/mol. The first-order valence-corrected chi connectivity index (χ1v) is 11.6. The molecule has 1 saturated carbocycles. The molecule has 2 aliphatic rings. The van der Waals surface area contributed by atoms with E-state index < -0.39 is 5.54 Å². The molecule has 0 radical (unpaired) electrons. The van der Waals surface area contributed by atoms with Crippen LogP contribution in [0.15, 0.2) is 24.3 Å². The van der Waals surface area contributed by atoms with Crippen molar-refractivity contribution in [2.75, 3.05) is 13.7 Å². The molecule has 1 atom stereocenters. The maximum atomic E-state index is 13.7. The minimum atomic E-state index is -0.925. The lowest BCUT2D eigenvalue weighted by atomic mass is 9.91. The molecule has 6 nitrogen and oxygen atoms in total. The Bertz CT molecular complexity index is 974. The Morgan fingerprint density at radius 3 is 2.65 bits per heavy atom. The Kier molecular flexibility index (Phi) is 6.00. The van der Waals surface area contributed by atoms with Gasteiger partial charge >= 0.3 is 0 Å². The molecule has 1 aliphatic heterocycles. The van der Waals surface area contributed by atoms with Gasteiger partial charge in [0.2, 0.25) is 5.91 Å². The Morgan fingerprint density at radius 1 is 1.23 bits per heavy atom. The molecule has 0 unspecified atom stereocenters. The monoisotopic (exact) mass is 425 g/mol. The van der Waals surface area contributed by atoms with E-state index in [1.165, 1.54) is 6.42 Å². The van der Waals surface area contributed by atoms with Crippen molar-refractivity contribution < 1.29 is 14.3 Å². The summed E-state index contributed by atoms with van der Waals surface area (Å²) in [7, 11) is 1.64.